The second-order valence-corrected chi connectivity index (χ2v) is 6.65. The topological polar surface area (TPSA) is 79.8 Å². The first-order chi connectivity index (χ1) is 13.1. The Labute approximate surface area is 159 Å². The number of nitrogens with zero attached hydrogens (tertiary/aromatic N) is 3. The van der Waals surface area contributed by atoms with Crippen molar-refractivity contribution in [2.24, 2.45) is 5.92 Å². The van der Waals surface area contributed by atoms with Gasteiger partial charge >= 0.3 is 0 Å². The van der Waals surface area contributed by atoms with Crippen LogP contribution in [-0.2, 0) is 6.54 Å². The molecule has 0 unspecified atom stereocenters. The number of carbonyl (C=O) groups is 1. The number of aromatic nitrogens is 3. The van der Waals surface area contributed by atoms with Crippen LogP contribution in [0.5, 0.6) is 0 Å². The highest BCUT2D eigenvalue weighted by Gasteiger charge is 2.13. The van der Waals surface area contributed by atoms with E-state index in [1.165, 1.54) is 0 Å². The molecular formula is C21H23N5O. The lowest BCUT2D eigenvalue weighted by molar-refractivity contribution is 0.0946. The predicted molar refractivity (Wildman–Crippen MR) is 106 cm³/mol. The van der Waals surface area contributed by atoms with Gasteiger partial charge in [0.25, 0.3) is 5.91 Å². The number of anilines is 1. The van der Waals surface area contributed by atoms with Crippen LogP contribution in [-0.4, -0.2) is 27.4 Å². The largest absolute Gasteiger partial charge is 0.370 e. The van der Waals surface area contributed by atoms with Crippen molar-refractivity contribution in [3.05, 3.63) is 72.2 Å². The van der Waals surface area contributed by atoms with Gasteiger partial charge in [0.15, 0.2) is 5.82 Å². The second kappa shape index (κ2) is 8.89. The zero-order valence-corrected chi connectivity index (χ0v) is 15.5. The first-order valence-electron chi connectivity index (χ1n) is 8.97. The van der Waals surface area contributed by atoms with Crippen LogP contribution in [0.4, 0.5) is 5.82 Å². The second-order valence-electron chi connectivity index (χ2n) is 6.65. The molecule has 1 aromatic carbocycles. The summed E-state index contributed by atoms with van der Waals surface area (Å²) in [6.45, 7) is 5.40. The van der Waals surface area contributed by atoms with Crippen molar-refractivity contribution in [1.82, 2.24) is 20.3 Å². The predicted octanol–water partition coefficient (Wildman–Crippen LogP) is 3.54. The van der Waals surface area contributed by atoms with E-state index in [-0.39, 0.29) is 5.91 Å². The Morgan fingerprint density at radius 3 is 2.59 bits per heavy atom. The average molecular weight is 361 g/mol. The van der Waals surface area contributed by atoms with E-state index in [9.17, 15) is 4.79 Å². The molecule has 0 bridgehead atoms. The SMILES string of the molecule is CC(C)CNc1cc(C(=O)NCc2cccnc2)nc(-c2ccccc2)n1. The molecule has 2 N–H and O–H groups in total. The summed E-state index contributed by atoms with van der Waals surface area (Å²) in [5.74, 6) is 1.38. The number of hydrogen-bond donors (Lipinski definition) is 2. The summed E-state index contributed by atoms with van der Waals surface area (Å²) in [5.41, 5.74) is 2.13. The van der Waals surface area contributed by atoms with Crippen molar-refractivity contribution < 1.29 is 4.79 Å². The Balaban J connectivity index is 1.83. The van der Waals surface area contributed by atoms with E-state index in [2.05, 4.69) is 39.4 Å². The molecule has 0 saturated carbocycles. The monoisotopic (exact) mass is 361 g/mol. The Morgan fingerprint density at radius 1 is 1.07 bits per heavy atom. The highest BCUT2D eigenvalue weighted by atomic mass is 16.1. The van der Waals surface area contributed by atoms with Crippen LogP contribution in [0.3, 0.4) is 0 Å². The third-order valence-corrected chi connectivity index (χ3v) is 3.86. The van der Waals surface area contributed by atoms with Crippen LogP contribution in [0, 0.1) is 5.92 Å². The number of pyridine rings is 1. The van der Waals surface area contributed by atoms with Crippen molar-refractivity contribution in [3.63, 3.8) is 0 Å². The van der Waals surface area contributed by atoms with E-state index >= 15 is 0 Å². The maximum atomic E-state index is 12.6. The van der Waals surface area contributed by atoms with Crippen LogP contribution in [0.25, 0.3) is 11.4 Å². The molecule has 0 radical (unpaired) electrons. The minimum Gasteiger partial charge on any atom is -0.370 e. The van der Waals surface area contributed by atoms with Crippen molar-refractivity contribution >= 4 is 11.7 Å². The number of hydrogen-bond acceptors (Lipinski definition) is 5. The molecule has 0 saturated heterocycles. The molecule has 0 fully saturated rings. The molecule has 138 valence electrons. The number of amides is 1. The van der Waals surface area contributed by atoms with Gasteiger partial charge in [-0.05, 0) is 17.5 Å². The Morgan fingerprint density at radius 2 is 1.89 bits per heavy atom. The minimum absolute atomic E-state index is 0.244. The first kappa shape index (κ1) is 18.5. The van der Waals surface area contributed by atoms with Crippen LogP contribution in [0.2, 0.25) is 0 Å². The van der Waals surface area contributed by atoms with Gasteiger partial charge in [-0.15, -0.1) is 0 Å². The zero-order valence-electron chi connectivity index (χ0n) is 15.5. The molecule has 27 heavy (non-hydrogen) atoms. The molecule has 0 aliphatic heterocycles. The fraction of sp³-hybridized carbons (Fsp3) is 0.238. The molecule has 2 heterocycles. The Hall–Kier alpha value is -3.28. The Kier molecular flexibility index (Phi) is 6.10. The van der Waals surface area contributed by atoms with Crippen molar-refractivity contribution in [1.29, 1.82) is 0 Å². The number of rotatable bonds is 7. The first-order valence-corrected chi connectivity index (χ1v) is 8.97. The number of carbonyl (C=O) groups excluding carboxylic acids is 1. The lowest BCUT2D eigenvalue weighted by atomic mass is 10.2. The van der Waals surface area contributed by atoms with Gasteiger partial charge in [-0.2, -0.15) is 0 Å². The quantitative estimate of drug-likeness (QED) is 0.673. The van der Waals surface area contributed by atoms with Crippen molar-refractivity contribution in [2.75, 3.05) is 11.9 Å². The van der Waals surface area contributed by atoms with E-state index in [0.29, 0.717) is 29.8 Å². The van der Waals surface area contributed by atoms with E-state index in [1.807, 2.05) is 42.5 Å². The minimum atomic E-state index is -0.244. The molecular weight excluding hydrogens is 338 g/mol. The standard InChI is InChI=1S/C21H23N5O/c1-15(2)12-23-19-11-18(21(27)24-14-16-7-6-10-22-13-16)25-20(26-19)17-8-4-3-5-9-17/h3-11,13,15H,12,14H2,1-2H3,(H,24,27)(H,23,25,26). The highest BCUT2D eigenvalue weighted by Crippen LogP contribution is 2.18. The van der Waals surface area contributed by atoms with Gasteiger partial charge in [-0.3, -0.25) is 9.78 Å². The van der Waals surface area contributed by atoms with Crippen molar-refractivity contribution in [2.45, 2.75) is 20.4 Å². The van der Waals surface area contributed by atoms with E-state index in [4.69, 9.17) is 0 Å². The van der Waals surface area contributed by atoms with Gasteiger partial charge in [0.1, 0.15) is 11.5 Å². The molecule has 6 heteroatoms. The molecule has 2 aromatic heterocycles. The summed E-state index contributed by atoms with van der Waals surface area (Å²) in [6, 6.07) is 15.1. The fourth-order valence-electron chi connectivity index (χ4n) is 2.45. The highest BCUT2D eigenvalue weighted by molar-refractivity contribution is 5.93. The third kappa shape index (κ3) is 5.34. The molecule has 6 nitrogen and oxygen atoms in total. The van der Waals surface area contributed by atoms with Gasteiger partial charge in [-0.1, -0.05) is 50.2 Å². The van der Waals surface area contributed by atoms with Gasteiger partial charge < -0.3 is 10.6 Å². The van der Waals surface area contributed by atoms with Gasteiger partial charge in [-0.25, -0.2) is 9.97 Å². The summed E-state index contributed by atoms with van der Waals surface area (Å²) in [5, 5.41) is 6.17. The van der Waals surface area contributed by atoms with Crippen LogP contribution in [0.15, 0.2) is 60.9 Å². The average Bonchev–Trinajstić information content (AvgIpc) is 2.71. The van der Waals surface area contributed by atoms with Gasteiger partial charge in [0, 0.05) is 37.1 Å². The smallest absolute Gasteiger partial charge is 0.270 e. The maximum absolute atomic E-state index is 12.6. The molecule has 3 aromatic rings. The van der Waals surface area contributed by atoms with E-state index in [0.717, 1.165) is 17.7 Å². The molecule has 0 atom stereocenters. The van der Waals surface area contributed by atoms with Crippen LogP contribution < -0.4 is 10.6 Å². The number of nitrogens with one attached hydrogen (secondary N) is 2. The lowest BCUT2D eigenvalue weighted by Crippen LogP contribution is -2.24. The molecule has 3 rings (SSSR count). The van der Waals surface area contributed by atoms with Crippen LogP contribution in [0.1, 0.15) is 29.9 Å². The molecule has 1 amide bonds. The van der Waals surface area contributed by atoms with Gasteiger partial charge in [0.2, 0.25) is 0 Å². The lowest BCUT2D eigenvalue weighted by Gasteiger charge is -2.12. The summed E-state index contributed by atoms with van der Waals surface area (Å²) in [4.78, 5) is 25.7. The number of benzene rings is 1. The third-order valence-electron chi connectivity index (χ3n) is 3.86. The molecule has 0 spiro atoms. The van der Waals surface area contributed by atoms with Crippen LogP contribution >= 0.6 is 0 Å². The summed E-state index contributed by atoms with van der Waals surface area (Å²) in [6.07, 6.45) is 3.43. The zero-order chi connectivity index (χ0) is 19.1. The maximum Gasteiger partial charge on any atom is 0.270 e. The summed E-state index contributed by atoms with van der Waals surface area (Å²) >= 11 is 0. The molecule has 0 aliphatic carbocycles. The van der Waals surface area contributed by atoms with Crippen molar-refractivity contribution in [3.8, 4) is 11.4 Å². The summed E-state index contributed by atoms with van der Waals surface area (Å²) < 4.78 is 0. The van der Waals surface area contributed by atoms with Gasteiger partial charge in [0.05, 0.1) is 0 Å². The summed E-state index contributed by atoms with van der Waals surface area (Å²) in [7, 11) is 0. The van der Waals surface area contributed by atoms with E-state index < -0.39 is 0 Å². The Bertz CT molecular complexity index is 882. The molecule has 0 aliphatic rings. The normalized spacial score (nSPS) is 10.6. The van der Waals surface area contributed by atoms with E-state index in [1.54, 1.807) is 18.5 Å². The fourth-order valence-corrected chi connectivity index (χ4v) is 2.45.